The van der Waals surface area contributed by atoms with Crippen LogP contribution in [0.1, 0.15) is 39.5 Å². The summed E-state index contributed by atoms with van der Waals surface area (Å²) in [6.07, 6.45) is 3.05. The molecule has 5 heteroatoms. The van der Waals surface area contributed by atoms with Gasteiger partial charge in [0.1, 0.15) is 0 Å². The summed E-state index contributed by atoms with van der Waals surface area (Å²) in [6.45, 7) is 3.89. The van der Waals surface area contributed by atoms with E-state index in [0.29, 0.717) is 12.3 Å². The SMILES string of the molecule is CCC(C)(CCCl)NS(=O)(=O)C1CC1. The van der Waals surface area contributed by atoms with Gasteiger partial charge < -0.3 is 0 Å². The number of halogens is 1. The molecule has 1 rings (SSSR count). The Morgan fingerprint density at radius 3 is 2.43 bits per heavy atom. The second kappa shape index (κ2) is 4.37. The van der Waals surface area contributed by atoms with E-state index in [2.05, 4.69) is 4.72 Å². The van der Waals surface area contributed by atoms with Gasteiger partial charge in [-0.2, -0.15) is 0 Å². The van der Waals surface area contributed by atoms with Crippen LogP contribution in [-0.4, -0.2) is 25.1 Å². The average Bonchev–Trinajstić information content (AvgIpc) is 2.85. The molecule has 0 saturated heterocycles. The van der Waals surface area contributed by atoms with Crippen molar-refractivity contribution in [2.45, 2.75) is 50.3 Å². The Labute approximate surface area is 91.3 Å². The minimum Gasteiger partial charge on any atom is -0.212 e. The molecule has 1 N–H and O–H groups in total. The zero-order valence-corrected chi connectivity index (χ0v) is 10.3. The molecule has 1 saturated carbocycles. The van der Waals surface area contributed by atoms with Gasteiger partial charge in [-0.1, -0.05) is 6.92 Å². The van der Waals surface area contributed by atoms with Crippen molar-refractivity contribution >= 4 is 21.6 Å². The van der Waals surface area contributed by atoms with E-state index in [0.717, 1.165) is 19.3 Å². The minimum absolute atomic E-state index is 0.149. The predicted molar refractivity (Wildman–Crippen MR) is 59.1 cm³/mol. The van der Waals surface area contributed by atoms with E-state index in [9.17, 15) is 8.42 Å². The Bertz CT molecular complexity index is 287. The van der Waals surface area contributed by atoms with E-state index in [4.69, 9.17) is 11.6 Å². The maximum Gasteiger partial charge on any atom is 0.214 e. The fourth-order valence-electron chi connectivity index (χ4n) is 1.31. The Kier molecular flexibility index (Phi) is 3.83. The summed E-state index contributed by atoms with van der Waals surface area (Å²) in [5.74, 6) is 0.484. The van der Waals surface area contributed by atoms with E-state index in [1.165, 1.54) is 0 Å². The third-order valence-electron chi connectivity index (χ3n) is 2.78. The molecular weight excluding hydrogens is 222 g/mol. The zero-order chi connectivity index (χ0) is 10.8. The van der Waals surface area contributed by atoms with Crippen LogP contribution in [-0.2, 0) is 10.0 Å². The van der Waals surface area contributed by atoms with Gasteiger partial charge in [0.15, 0.2) is 0 Å². The van der Waals surface area contributed by atoms with E-state index < -0.39 is 10.0 Å². The van der Waals surface area contributed by atoms with Crippen LogP contribution >= 0.6 is 11.6 Å². The van der Waals surface area contributed by atoms with Gasteiger partial charge in [-0.15, -0.1) is 11.6 Å². The van der Waals surface area contributed by atoms with Crippen molar-refractivity contribution in [2.24, 2.45) is 0 Å². The average molecular weight is 240 g/mol. The van der Waals surface area contributed by atoms with Gasteiger partial charge in [0.05, 0.1) is 5.25 Å². The van der Waals surface area contributed by atoms with Crippen LogP contribution in [0.25, 0.3) is 0 Å². The van der Waals surface area contributed by atoms with Crippen LogP contribution in [0.3, 0.4) is 0 Å². The summed E-state index contributed by atoms with van der Waals surface area (Å²) in [5.41, 5.74) is -0.372. The molecule has 0 spiro atoms. The van der Waals surface area contributed by atoms with Crippen molar-refractivity contribution < 1.29 is 8.42 Å². The molecule has 14 heavy (non-hydrogen) atoms. The maximum absolute atomic E-state index is 11.7. The van der Waals surface area contributed by atoms with Gasteiger partial charge >= 0.3 is 0 Å². The lowest BCUT2D eigenvalue weighted by Gasteiger charge is -2.28. The van der Waals surface area contributed by atoms with Crippen molar-refractivity contribution in [2.75, 3.05) is 5.88 Å². The second-order valence-electron chi connectivity index (χ2n) is 4.20. The molecule has 0 aromatic carbocycles. The van der Waals surface area contributed by atoms with Crippen LogP contribution in [0.5, 0.6) is 0 Å². The summed E-state index contributed by atoms with van der Waals surface area (Å²) in [4.78, 5) is 0. The highest BCUT2D eigenvalue weighted by molar-refractivity contribution is 7.90. The van der Waals surface area contributed by atoms with Gasteiger partial charge in [0.2, 0.25) is 10.0 Å². The first kappa shape index (κ1) is 12.3. The predicted octanol–water partition coefficient (Wildman–Crippen LogP) is 1.87. The summed E-state index contributed by atoms with van der Waals surface area (Å²) >= 11 is 5.65. The summed E-state index contributed by atoms with van der Waals surface area (Å²) in [6, 6.07) is 0. The maximum atomic E-state index is 11.7. The number of hydrogen-bond donors (Lipinski definition) is 1. The van der Waals surface area contributed by atoms with Gasteiger partial charge in [-0.3, -0.25) is 0 Å². The van der Waals surface area contributed by atoms with Crippen LogP contribution in [0.4, 0.5) is 0 Å². The molecule has 3 nitrogen and oxygen atoms in total. The molecule has 0 amide bonds. The summed E-state index contributed by atoms with van der Waals surface area (Å²) in [5, 5.41) is -0.149. The van der Waals surface area contributed by atoms with Gasteiger partial charge in [-0.05, 0) is 32.6 Å². The third-order valence-corrected chi connectivity index (χ3v) is 5.09. The first-order chi connectivity index (χ1) is 6.43. The molecule has 1 aliphatic carbocycles. The van der Waals surface area contributed by atoms with Crippen molar-refractivity contribution in [1.82, 2.24) is 4.72 Å². The van der Waals surface area contributed by atoms with Crippen LogP contribution in [0.15, 0.2) is 0 Å². The molecule has 0 bridgehead atoms. The molecule has 1 fully saturated rings. The highest BCUT2D eigenvalue weighted by atomic mass is 35.5. The fourth-order valence-corrected chi connectivity index (χ4v) is 3.59. The van der Waals surface area contributed by atoms with Crippen molar-refractivity contribution in [3.63, 3.8) is 0 Å². The van der Waals surface area contributed by atoms with Crippen molar-refractivity contribution in [3.05, 3.63) is 0 Å². The zero-order valence-electron chi connectivity index (χ0n) is 8.72. The summed E-state index contributed by atoms with van der Waals surface area (Å²) < 4.78 is 26.1. The smallest absolute Gasteiger partial charge is 0.212 e. The topological polar surface area (TPSA) is 46.2 Å². The van der Waals surface area contributed by atoms with E-state index in [-0.39, 0.29) is 10.8 Å². The Morgan fingerprint density at radius 1 is 1.50 bits per heavy atom. The highest BCUT2D eigenvalue weighted by Gasteiger charge is 2.39. The number of alkyl halides is 1. The quantitative estimate of drug-likeness (QED) is 0.720. The van der Waals surface area contributed by atoms with E-state index in [1.54, 1.807) is 0 Å². The highest BCUT2D eigenvalue weighted by Crippen LogP contribution is 2.29. The molecule has 84 valence electrons. The lowest BCUT2D eigenvalue weighted by molar-refractivity contribution is 0.390. The number of nitrogens with one attached hydrogen (secondary N) is 1. The van der Waals surface area contributed by atoms with Gasteiger partial charge in [-0.25, -0.2) is 13.1 Å². The molecule has 1 unspecified atom stereocenters. The molecule has 1 aliphatic rings. The van der Waals surface area contributed by atoms with E-state index in [1.807, 2.05) is 13.8 Å². The lowest BCUT2D eigenvalue weighted by atomic mass is 9.97. The van der Waals surface area contributed by atoms with Crippen molar-refractivity contribution in [3.8, 4) is 0 Å². The second-order valence-corrected chi connectivity index (χ2v) is 6.54. The molecule has 0 radical (unpaired) electrons. The summed E-state index contributed by atoms with van der Waals surface area (Å²) in [7, 11) is -3.09. The monoisotopic (exact) mass is 239 g/mol. The third kappa shape index (κ3) is 3.11. The van der Waals surface area contributed by atoms with Crippen LogP contribution in [0, 0.1) is 0 Å². The molecule has 0 heterocycles. The van der Waals surface area contributed by atoms with Crippen LogP contribution in [0.2, 0.25) is 0 Å². The normalized spacial score (nSPS) is 21.9. The molecule has 1 atom stereocenters. The molecular formula is C9H18ClNO2S. The largest absolute Gasteiger partial charge is 0.214 e. The van der Waals surface area contributed by atoms with Crippen molar-refractivity contribution in [1.29, 1.82) is 0 Å². The number of rotatable bonds is 6. The standard InChI is InChI=1S/C9H18ClNO2S/c1-3-9(2,6-7-10)11-14(12,13)8-4-5-8/h8,11H,3-7H2,1-2H3. The Hall–Kier alpha value is 0.200. The van der Waals surface area contributed by atoms with E-state index >= 15 is 0 Å². The molecule has 0 aromatic heterocycles. The lowest BCUT2D eigenvalue weighted by Crippen LogP contribution is -2.47. The molecule has 0 aromatic rings. The fraction of sp³-hybridized carbons (Fsp3) is 1.00. The number of hydrogen-bond acceptors (Lipinski definition) is 2. The molecule has 0 aliphatic heterocycles. The number of sulfonamides is 1. The minimum atomic E-state index is -3.09. The van der Waals surface area contributed by atoms with Crippen LogP contribution < -0.4 is 4.72 Å². The first-order valence-electron chi connectivity index (χ1n) is 5.02. The Morgan fingerprint density at radius 2 is 2.07 bits per heavy atom. The Balaban J connectivity index is 2.63. The van der Waals surface area contributed by atoms with Gasteiger partial charge in [0, 0.05) is 11.4 Å². The van der Waals surface area contributed by atoms with Gasteiger partial charge in [0.25, 0.3) is 0 Å². The first-order valence-corrected chi connectivity index (χ1v) is 7.10.